The minimum absolute atomic E-state index is 0.0170. The van der Waals surface area contributed by atoms with Gasteiger partial charge in [0.25, 0.3) is 0 Å². The molecule has 19 heavy (non-hydrogen) atoms. The number of aromatic carboxylic acids is 1. The molecule has 0 bridgehead atoms. The SMILES string of the molecule is CCC(C)OCc1c(C(=O)O)sc2cccc(F)c12. The average Bonchev–Trinajstić information content (AvgIpc) is 2.76. The van der Waals surface area contributed by atoms with Gasteiger partial charge in [0.05, 0.1) is 12.7 Å². The molecule has 1 N–H and O–H groups in total. The normalized spacial score (nSPS) is 12.8. The molecule has 0 spiro atoms. The number of thiophene rings is 1. The number of carboxylic acid groups (broad SMARTS) is 1. The fourth-order valence-corrected chi connectivity index (χ4v) is 2.88. The number of benzene rings is 1. The van der Waals surface area contributed by atoms with Gasteiger partial charge in [-0.15, -0.1) is 11.3 Å². The van der Waals surface area contributed by atoms with Gasteiger partial charge < -0.3 is 9.84 Å². The lowest BCUT2D eigenvalue weighted by atomic mass is 10.1. The molecule has 0 fully saturated rings. The molecule has 0 amide bonds. The molecule has 1 aromatic carbocycles. The maximum atomic E-state index is 13.9. The number of carbonyl (C=O) groups is 1. The lowest BCUT2D eigenvalue weighted by molar-refractivity contribution is 0.0497. The highest BCUT2D eigenvalue weighted by atomic mass is 32.1. The van der Waals surface area contributed by atoms with Gasteiger partial charge in [0, 0.05) is 15.6 Å². The summed E-state index contributed by atoms with van der Waals surface area (Å²) in [7, 11) is 0. The number of fused-ring (bicyclic) bond motifs is 1. The maximum absolute atomic E-state index is 13.9. The number of hydrogen-bond donors (Lipinski definition) is 1. The largest absolute Gasteiger partial charge is 0.477 e. The molecule has 2 aromatic rings. The van der Waals surface area contributed by atoms with Crippen molar-refractivity contribution in [2.45, 2.75) is 33.0 Å². The number of carboxylic acids is 1. The van der Waals surface area contributed by atoms with Gasteiger partial charge in [-0.1, -0.05) is 13.0 Å². The van der Waals surface area contributed by atoms with E-state index in [0.29, 0.717) is 15.6 Å². The van der Waals surface area contributed by atoms with Gasteiger partial charge in [-0.05, 0) is 25.5 Å². The number of halogens is 1. The van der Waals surface area contributed by atoms with Crippen LogP contribution >= 0.6 is 11.3 Å². The predicted octanol–water partition coefficient (Wildman–Crippen LogP) is 4.05. The van der Waals surface area contributed by atoms with E-state index in [1.807, 2.05) is 13.8 Å². The van der Waals surface area contributed by atoms with E-state index in [0.717, 1.165) is 17.8 Å². The molecule has 0 aliphatic carbocycles. The van der Waals surface area contributed by atoms with Crippen LogP contribution in [0.2, 0.25) is 0 Å². The molecule has 0 saturated heterocycles. The van der Waals surface area contributed by atoms with Crippen LogP contribution in [-0.2, 0) is 11.3 Å². The summed E-state index contributed by atoms with van der Waals surface area (Å²) in [5, 5.41) is 9.58. The first kappa shape index (κ1) is 14.0. The summed E-state index contributed by atoms with van der Waals surface area (Å²) in [6.07, 6.45) is 0.843. The van der Waals surface area contributed by atoms with E-state index in [2.05, 4.69) is 0 Å². The van der Waals surface area contributed by atoms with Gasteiger partial charge in [-0.25, -0.2) is 9.18 Å². The van der Waals surface area contributed by atoms with Gasteiger partial charge in [-0.3, -0.25) is 0 Å². The van der Waals surface area contributed by atoms with Crippen LogP contribution in [0.5, 0.6) is 0 Å². The number of ether oxygens (including phenoxy) is 1. The van der Waals surface area contributed by atoms with Crippen molar-refractivity contribution in [2.75, 3.05) is 0 Å². The molecule has 0 saturated carbocycles. The molecule has 0 aliphatic heterocycles. The zero-order chi connectivity index (χ0) is 14.0. The Hall–Kier alpha value is -1.46. The van der Waals surface area contributed by atoms with Crippen LogP contribution in [0, 0.1) is 5.82 Å². The second-order valence-electron chi connectivity index (χ2n) is 4.36. The minimum Gasteiger partial charge on any atom is -0.477 e. The molecule has 1 unspecified atom stereocenters. The smallest absolute Gasteiger partial charge is 0.346 e. The van der Waals surface area contributed by atoms with Crippen molar-refractivity contribution in [1.82, 2.24) is 0 Å². The predicted molar refractivity (Wildman–Crippen MR) is 73.3 cm³/mol. The van der Waals surface area contributed by atoms with E-state index in [1.165, 1.54) is 6.07 Å². The Morgan fingerprint density at radius 3 is 2.89 bits per heavy atom. The summed E-state index contributed by atoms with van der Waals surface area (Å²) in [5.41, 5.74) is 0.436. The lowest BCUT2D eigenvalue weighted by Crippen LogP contribution is -2.08. The summed E-state index contributed by atoms with van der Waals surface area (Å²) in [4.78, 5) is 11.4. The highest BCUT2D eigenvalue weighted by Gasteiger charge is 2.20. The molecule has 5 heteroatoms. The van der Waals surface area contributed by atoms with Crippen molar-refractivity contribution in [3.63, 3.8) is 0 Å². The van der Waals surface area contributed by atoms with E-state index in [1.54, 1.807) is 12.1 Å². The monoisotopic (exact) mass is 282 g/mol. The van der Waals surface area contributed by atoms with E-state index < -0.39 is 11.8 Å². The van der Waals surface area contributed by atoms with Crippen LogP contribution < -0.4 is 0 Å². The highest BCUT2D eigenvalue weighted by molar-refractivity contribution is 7.21. The summed E-state index contributed by atoms with van der Waals surface area (Å²) in [6, 6.07) is 4.65. The fraction of sp³-hybridized carbons (Fsp3) is 0.357. The summed E-state index contributed by atoms with van der Waals surface area (Å²) in [6.45, 7) is 4.01. The highest BCUT2D eigenvalue weighted by Crippen LogP contribution is 2.34. The fourth-order valence-electron chi connectivity index (χ4n) is 1.82. The lowest BCUT2D eigenvalue weighted by Gasteiger charge is -2.10. The van der Waals surface area contributed by atoms with Crippen LogP contribution in [-0.4, -0.2) is 17.2 Å². The van der Waals surface area contributed by atoms with Crippen LogP contribution in [0.15, 0.2) is 18.2 Å². The molecule has 102 valence electrons. The van der Waals surface area contributed by atoms with Gasteiger partial charge >= 0.3 is 5.97 Å². The molecule has 0 radical (unpaired) electrons. The third-order valence-corrected chi connectivity index (χ3v) is 4.23. The van der Waals surface area contributed by atoms with Crippen LogP contribution in [0.4, 0.5) is 4.39 Å². The molecule has 1 atom stereocenters. The number of rotatable bonds is 5. The van der Waals surface area contributed by atoms with E-state index in [4.69, 9.17) is 4.74 Å². The third-order valence-electron chi connectivity index (χ3n) is 3.04. The van der Waals surface area contributed by atoms with Gasteiger partial charge in [0.1, 0.15) is 10.7 Å². The van der Waals surface area contributed by atoms with Gasteiger partial charge in [0.2, 0.25) is 0 Å². The maximum Gasteiger partial charge on any atom is 0.346 e. The molecule has 1 heterocycles. The summed E-state index contributed by atoms with van der Waals surface area (Å²) < 4.78 is 20.1. The zero-order valence-corrected chi connectivity index (χ0v) is 11.6. The van der Waals surface area contributed by atoms with E-state index >= 15 is 0 Å². The molecule has 0 aliphatic rings. The summed E-state index contributed by atoms with van der Waals surface area (Å²) >= 11 is 1.09. The Labute approximate surface area is 114 Å². The minimum atomic E-state index is -1.04. The Morgan fingerprint density at radius 1 is 1.53 bits per heavy atom. The molecular formula is C14H15FO3S. The Bertz CT molecular complexity index is 606. The van der Waals surface area contributed by atoms with Crippen LogP contribution in [0.3, 0.4) is 0 Å². The van der Waals surface area contributed by atoms with Crippen molar-refractivity contribution in [1.29, 1.82) is 0 Å². The number of hydrogen-bond acceptors (Lipinski definition) is 3. The average molecular weight is 282 g/mol. The first-order chi connectivity index (χ1) is 9.04. The van der Waals surface area contributed by atoms with Crippen molar-refractivity contribution in [3.05, 3.63) is 34.5 Å². The topological polar surface area (TPSA) is 46.5 Å². The molecule has 1 aromatic heterocycles. The summed E-state index contributed by atoms with van der Waals surface area (Å²) in [5.74, 6) is -1.44. The van der Waals surface area contributed by atoms with Crippen molar-refractivity contribution in [2.24, 2.45) is 0 Å². The van der Waals surface area contributed by atoms with Crippen molar-refractivity contribution in [3.8, 4) is 0 Å². The molecule has 2 rings (SSSR count). The van der Waals surface area contributed by atoms with Crippen molar-refractivity contribution >= 4 is 27.4 Å². The van der Waals surface area contributed by atoms with Crippen LogP contribution in [0.1, 0.15) is 35.5 Å². The van der Waals surface area contributed by atoms with Crippen molar-refractivity contribution < 1.29 is 19.0 Å². The Kier molecular flexibility index (Phi) is 4.17. The second kappa shape index (κ2) is 5.67. The second-order valence-corrected chi connectivity index (χ2v) is 5.41. The Balaban J connectivity index is 2.48. The standard InChI is InChI=1S/C14H15FO3S/c1-3-8(2)18-7-9-12-10(15)5-4-6-11(12)19-13(9)14(16)17/h4-6,8H,3,7H2,1-2H3,(H,16,17). The van der Waals surface area contributed by atoms with Gasteiger partial charge in [0.15, 0.2) is 0 Å². The third kappa shape index (κ3) is 2.77. The quantitative estimate of drug-likeness (QED) is 0.899. The zero-order valence-electron chi connectivity index (χ0n) is 10.8. The van der Waals surface area contributed by atoms with Gasteiger partial charge in [-0.2, -0.15) is 0 Å². The first-order valence-corrected chi connectivity index (χ1v) is 6.91. The molecular weight excluding hydrogens is 267 g/mol. The van der Waals surface area contributed by atoms with Crippen LogP contribution in [0.25, 0.3) is 10.1 Å². The van der Waals surface area contributed by atoms with E-state index in [9.17, 15) is 14.3 Å². The van der Waals surface area contributed by atoms with E-state index in [-0.39, 0.29) is 17.6 Å². The molecule has 3 nitrogen and oxygen atoms in total. The first-order valence-electron chi connectivity index (χ1n) is 6.09. The Morgan fingerprint density at radius 2 is 2.26 bits per heavy atom.